The molecule has 0 heterocycles. The van der Waals surface area contributed by atoms with Gasteiger partial charge >= 0.3 is 0 Å². The molecule has 0 N–H and O–H groups in total. The molecule has 0 aliphatic heterocycles. The van der Waals surface area contributed by atoms with Crippen molar-refractivity contribution in [2.75, 3.05) is 20.1 Å². The smallest absolute Gasteiger partial charge is 0.227 e. The van der Waals surface area contributed by atoms with Gasteiger partial charge in [-0.25, -0.2) is 0 Å². The van der Waals surface area contributed by atoms with E-state index >= 15 is 0 Å². The predicted molar refractivity (Wildman–Crippen MR) is 62.8 cm³/mol. The summed E-state index contributed by atoms with van der Waals surface area (Å²) in [6.45, 7) is 0. The van der Waals surface area contributed by atoms with Crippen LogP contribution in [-0.4, -0.2) is 47.2 Å². The number of methoxy groups -OCH3 is 2. The maximum atomic E-state index is 12.0. The molecule has 2 aliphatic carbocycles. The molecular formula is C10H11Cl3O4. The first-order valence-electron chi connectivity index (χ1n) is 4.99. The Morgan fingerprint density at radius 1 is 1.24 bits per heavy atom. The maximum Gasteiger partial charge on any atom is 0.227 e. The lowest BCUT2D eigenvalue weighted by Gasteiger charge is -2.38. The fourth-order valence-corrected chi connectivity index (χ4v) is 4.56. The largest absolute Gasteiger partial charge is 0.349 e. The summed E-state index contributed by atoms with van der Waals surface area (Å²) in [5, 5.41) is 0. The second-order valence-corrected chi connectivity index (χ2v) is 5.80. The average molecular weight is 302 g/mol. The van der Waals surface area contributed by atoms with Gasteiger partial charge in [0.05, 0.1) is 0 Å². The number of ketones is 2. The van der Waals surface area contributed by atoms with Crippen molar-refractivity contribution in [3.63, 3.8) is 0 Å². The number of alkyl halides is 3. The van der Waals surface area contributed by atoms with Crippen molar-refractivity contribution >= 4 is 46.4 Å². The molecule has 2 rings (SSSR count). The second kappa shape index (κ2) is 3.81. The molecule has 3 atom stereocenters. The van der Waals surface area contributed by atoms with Crippen LogP contribution in [0.15, 0.2) is 0 Å². The Kier molecular flexibility index (Phi) is 3.04. The first-order chi connectivity index (χ1) is 7.85. The SMILES string of the molecule is COC1(OC)[C@]2(Cl)C[C@@H](CCl)[C@@]1(Cl)C(=O)C2=O. The summed E-state index contributed by atoms with van der Waals surface area (Å²) in [7, 11) is 2.61. The normalized spacial score (nSPS) is 43.5. The van der Waals surface area contributed by atoms with Gasteiger partial charge in [0.1, 0.15) is 0 Å². The number of carbonyl (C=O) groups is 2. The van der Waals surface area contributed by atoms with E-state index in [9.17, 15) is 9.59 Å². The van der Waals surface area contributed by atoms with Crippen molar-refractivity contribution in [1.29, 1.82) is 0 Å². The zero-order valence-corrected chi connectivity index (χ0v) is 11.5. The molecule has 96 valence electrons. The number of carbonyl (C=O) groups excluding carboxylic acids is 2. The highest BCUT2D eigenvalue weighted by Crippen LogP contribution is 2.64. The van der Waals surface area contributed by atoms with Gasteiger partial charge in [0.2, 0.25) is 17.4 Å². The molecule has 0 amide bonds. The molecule has 2 fully saturated rings. The molecule has 4 nitrogen and oxygen atoms in total. The van der Waals surface area contributed by atoms with Crippen LogP contribution in [0.25, 0.3) is 0 Å². The predicted octanol–water partition coefficient (Wildman–Crippen LogP) is 1.34. The zero-order valence-electron chi connectivity index (χ0n) is 9.26. The van der Waals surface area contributed by atoms with Crippen molar-refractivity contribution in [2.45, 2.75) is 22.0 Å². The van der Waals surface area contributed by atoms with E-state index in [-0.39, 0.29) is 12.3 Å². The highest BCUT2D eigenvalue weighted by molar-refractivity contribution is 6.66. The molecule has 0 aromatic carbocycles. The molecule has 2 saturated carbocycles. The number of Topliss-reactive ketones (excluding diaryl/α,β-unsaturated/α-hetero) is 2. The fraction of sp³-hybridized carbons (Fsp3) is 0.800. The molecule has 0 spiro atoms. The molecule has 0 aromatic rings. The van der Waals surface area contributed by atoms with E-state index in [1.807, 2.05) is 0 Å². The van der Waals surface area contributed by atoms with Gasteiger partial charge in [-0.1, -0.05) is 0 Å². The van der Waals surface area contributed by atoms with Gasteiger partial charge in [0.15, 0.2) is 9.75 Å². The van der Waals surface area contributed by atoms with Gasteiger partial charge < -0.3 is 9.47 Å². The van der Waals surface area contributed by atoms with E-state index in [4.69, 9.17) is 44.3 Å². The van der Waals surface area contributed by atoms with Crippen LogP contribution < -0.4 is 0 Å². The molecule has 17 heavy (non-hydrogen) atoms. The third-order valence-corrected chi connectivity index (χ3v) is 5.42. The van der Waals surface area contributed by atoms with Crippen molar-refractivity contribution in [2.24, 2.45) is 5.92 Å². The van der Waals surface area contributed by atoms with Crippen LogP contribution in [-0.2, 0) is 19.1 Å². The van der Waals surface area contributed by atoms with Gasteiger partial charge in [-0.15, -0.1) is 34.8 Å². The van der Waals surface area contributed by atoms with Crippen molar-refractivity contribution in [1.82, 2.24) is 0 Å². The topological polar surface area (TPSA) is 52.6 Å². The number of rotatable bonds is 3. The zero-order chi connectivity index (χ0) is 13.1. The summed E-state index contributed by atoms with van der Waals surface area (Å²) < 4.78 is 10.5. The van der Waals surface area contributed by atoms with Crippen LogP contribution in [0.1, 0.15) is 6.42 Å². The molecule has 0 aromatic heterocycles. The Hall–Kier alpha value is 0.130. The lowest BCUT2D eigenvalue weighted by atomic mass is 9.87. The van der Waals surface area contributed by atoms with E-state index in [2.05, 4.69) is 0 Å². The molecule has 0 unspecified atom stereocenters. The minimum Gasteiger partial charge on any atom is -0.349 e. The van der Waals surface area contributed by atoms with E-state index in [1.54, 1.807) is 0 Å². The Balaban J connectivity index is 2.69. The molecule has 0 radical (unpaired) electrons. The van der Waals surface area contributed by atoms with Crippen LogP contribution in [0.2, 0.25) is 0 Å². The number of hydrogen-bond donors (Lipinski definition) is 0. The molecule has 2 aliphatic rings. The van der Waals surface area contributed by atoms with Gasteiger partial charge in [-0.2, -0.15) is 0 Å². The summed E-state index contributed by atoms with van der Waals surface area (Å²) in [5.74, 6) is -3.56. The minimum absolute atomic E-state index is 0.103. The fourth-order valence-electron chi connectivity index (χ4n) is 2.96. The van der Waals surface area contributed by atoms with E-state index in [0.717, 1.165) is 0 Å². The quantitative estimate of drug-likeness (QED) is 0.448. The summed E-state index contributed by atoms with van der Waals surface area (Å²) in [6.07, 6.45) is 0.161. The van der Waals surface area contributed by atoms with E-state index < -0.39 is 33.0 Å². The van der Waals surface area contributed by atoms with E-state index in [0.29, 0.717) is 0 Å². The van der Waals surface area contributed by atoms with Crippen molar-refractivity contribution in [3.8, 4) is 0 Å². The third-order valence-electron chi connectivity index (χ3n) is 3.75. The van der Waals surface area contributed by atoms with Crippen molar-refractivity contribution in [3.05, 3.63) is 0 Å². The number of fused-ring (bicyclic) bond motifs is 2. The molecular weight excluding hydrogens is 290 g/mol. The van der Waals surface area contributed by atoms with Gasteiger partial charge in [0.25, 0.3) is 0 Å². The molecule has 7 heteroatoms. The van der Waals surface area contributed by atoms with Gasteiger partial charge in [0, 0.05) is 26.0 Å². The first kappa shape index (κ1) is 13.6. The standard InChI is InChI=1S/C10H11Cl3O4/c1-16-10(17-2)8(12)3-5(4-11)9(10,13)7(15)6(8)14/h5H,3-4H2,1-2H3/t5-,8-,9+/m0/s1. The lowest BCUT2D eigenvalue weighted by Crippen LogP contribution is -2.57. The number of halogens is 3. The number of hydrogen-bond acceptors (Lipinski definition) is 4. The Morgan fingerprint density at radius 2 is 1.76 bits per heavy atom. The van der Waals surface area contributed by atoms with Crippen LogP contribution in [0, 0.1) is 5.92 Å². The van der Waals surface area contributed by atoms with Crippen LogP contribution in [0.3, 0.4) is 0 Å². The molecule has 2 bridgehead atoms. The lowest BCUT2D eigenvalue weighted by molar-refractivity contribution is -0.220. The minimum atomic E-state index is -1.66. The molecule has 0 saturated heterocycles. The van der Waals surface area contributed by atoms with Gasteiger partial charge in [-0.3, -0.25) is 9.59 Å². The van der Waals surface area contributed by atoms with Crippen LogP contribution in [0.4, 0.5) is 0 Å². The monoisotopic (exact) mass is 300 g/mol. The summed E-state index contributed by atoms with van der Waals surface area (Å²) >= 11 is 18.4. The Labute approximate surface area is 113 Å². The van der Waals surface area contributed by atoms with Crippen LogP contribution >= 0.6 is 34.8 Å². The van der Waals surface area contributed by atoms with E-state index in [1.165, 1.54) is 14.2 Å². The first-order valence-corrected chi connectivity index (χ1v) is 6.28. The average Bonchev–Trinajstić information content (AvgIpc) is 2.60. The summed E-state index contributed by atoms with van der Waals surface area (Å²) in [4.78, 5) is 20.7. The summed E-state index contributed by atoms with van der Waals surface area (Å²) in [5.41, 5.74) is 0. The highest BCUT2D eigenvalue weighted by atomic mass is 35.5. The van der Waals surface area contributed by atoms with Gasteiger partial charge in [-0.05, 0) is 6.42 Å². The number of ether oxygens (including phenoxy) is 2. The maximum absolute atomic E-state index is 12.0. The third kappa shape index (κ3) is 1.14. The second-order valence-electron chi connectivity index (χ2n) is 4.25. The Bertz CT molecular complexity index is 395. The van der Waals surface area contributed by atoms with Crippen molar-refractivity contribution < 1.29 is 19.1 Å². The summed E-state index contributed by atoms with van der Waals surface area (Å²) in [6, 6.07) is 0. The van der Waals surface area contributed by atoms with Crippen LogP contribution in [0.5, 0.6) is 0 Å². The Morgan fingerprint density at radius 3 is 2.12 bits per heavy atom. The highest BCUT2D eigenvalue weighted by Gasteiger charge is 2.85.